The Hall–Kier alpha value is -1.59. The number of pyridine rings is 1. The van der Waals surface area contributed by atoms with Crippen LogP contribution in [0.15, 0.2) is 24.5 Å². The van der Waals surface area contributed by atoms with Gasteiger partial charge in [0.2, 0.25) is 0 Å². The zero-order valence-corrected chi connectivity index (χ0v) is 13.0. The van der Waals surface area contributed by atoms with Crippen molar-refractivity contribution in [2.24, 2.45) is 0 Å². The lowest BCUT2D eigenvalue weighted by atomic mass is 10.3. The molecule has 0 bridgehead atoms. The maximum absolute atomic E-state index is 6.29. The van der Waals surface area contributed by atoms with Crippen LogP contribution in [0.5, 0.6) is 0 Å². The van der Waals surface area contributed by atoms with Crippen molar-refractivity contribution in [3.8, 4) is 0 Å². The maximum atomic E-state index is 6.29. The van der Waals surface area contributed by atoms with Gasteiger partial charge < -0.3 is 9.88 Å². The second-order valence-corrected chi connectivity index (χ2v) is 5.71. The van der Waals surface area contributed by atoms with E-state index in [1.165, 1.54) is 0 Å². The highest BCUT2D eigenvalue weighted by molar-refractivity contribution is 6.31. The fourth-order valence-electron chi connectivity index (χ4n) is 2.52. The molecular formula is C15H20ClN5. The van der Waals surface area contributed by atoms with Crippen LogP contribution in [0.25, 0.3) is 0 Å². The van der Waals surface area contributed by atoms with Crippen LogP contribution >= 0.6 is 11.6 Å². The summed E-state index contributed by atoms with van der Waals surface area (Å²) in [6.45, 7) is 6.63. The van der Waals surface area contributed by atoms with Crippen LogP contribution in [0.4, 0.5) is 5.82 Å². The van der Waals surface area contributed by atoms with E-state index in [4.69, 9.17) is 11.6 Å². The number of hydrogen-bond acceptors (Lipinski definition) is 4. The van der Waals surface area contributed by atoms with Crippen LogP contribution in [-0.2, 0) is 19.6 Å². The van der Waals surface area contributed by atoms with Gasteiger partial charge in [0.25, 0.3) is 0 Å². The van der Waals surface area contributed by atoms with E-state index in [9.17, 15) is 0 Å². The van der Waals surface area contributed by atoms with E-state index in [1.54, 1.807) is 0 Å². The number of anilines is 1. The Morgan fingerprint density at radius 2 is 2.24 bits per heavy atom. The van der Waals surface area contributed by atoms with Gasteiger partial charge in [0.15, 0.2) is 0 Å². The Kier molecular flexibility index (Phi) is 4.41. The second-order valence-electron chi connectivity index (χ2n) is 5.30. The Balaban J connectivity index is 1.70. The molecule has 0 fully saturated rings. The molecule has 112 valence electrons. The molecule has 0 amide bonds. The average molecular weight is 306 g/mol. The molecule has 0 atom stereocenters. The number of imidazole rings is 1. The van der Waals surface area contributed by atoms with Crippen molar-refractivity contribution in [2.45, 2.75) is 33.0 Å². The Morgan fingerprint density at radius 3 is 3.10 bits per heavy atom. The standard InChI is InChI=1S/C15H20ClN5/c1-2-5-17-14-4-3-12(16)13(19-14)10-20-8-9-21-7-6-18-15(21)11-20/h3-4,6-7H,2,5,8-11H2,1H3,(H,17,19). The fourth-order valence-corrected chi connectivity index (χ4v) is 2.68. The zero-order chi connectivity index (χ0) is 14.7. The summed E-state index contributed by atoms with van der Waals surface area (Å²) in [6, 6.07) is 3.86. The summed E-state index contributed by atoms with van der Waals surface area (Å²) >= 11 is 6.29. The number of hydrogen-bond donors (Lipinski definition) is 1. The average Bonchev–Trinajstić information content (AvgIpc) is 2.95. The summed E-state index contributed by atoms with van der Waals surface area (Å²) in [5.74, 6) is 2.01. The minimum absolute atomic E-state index is 0.728. The van der Waals surface area contributed by atoms with Crippen LogP contribution in [0.1, 0.15) is 24.9 Å². The van der Waals surface area contributed by atoms with Gasteiger partial charge in [-0.15, -0.1) is 0 Å². The normalized spacial score (nSPS) is 15.0. The van der Waals surface area contributed by atoms with Gasteiger partial charge in [-0.2, -0.15) is 0 Å². The Labute approximate surface area is 130 Å². The van der Waals surface area contributed by atoms with Gasteiger partial charge in [0.05, 0.1) is 17.3 Å². The minimum atomic E-state index is 0.728. The van der Waals surface area contributed by atoms with Crippen LogP contribution < -0.4 is 5.32 Å². The molecule has 2 aromatic heterocycles. The lowest BCUT2D eigenvalue weighted by molar-refractivity contribution is 0.206. The summed E-state index contributed by atoms with van der Waals surface area (Å²) in [7, 11) is 0. The summed E-state index contributed by atoms with van der Waals surface area (Å²) in [4.78, 5) is 11.4. The first-order valence-electron chi connectivity index (χ1n) is 7.38. The Morgan fingerprint density at radius 1 is 1.33 bits per heavy atom. The van der Waals surface area contributed by atoms with Crippen LogP contribution in [0.3, 0.4) is 0 Å². The van der Waals surface area contributed by atoms with Crippen molar-refractivity contribution in [1.29, 1.82) is 0 Å². The lowest BCUT2D eigenvalue weighted by Gasteiger charge is -2.27. The molecule has 1 aliphatic heterocycles. The van der Waals surface area contributed by atoms with Crippen LogP contribution in [0, 0.1) is 0 Å². The highest BCUT2D eigenvalue weighted by Gasteiger charge is 2.18. The number of nitrogens with one attached hydrogen (secondary N) is 1. The second kappa shape index (κ2) is 6.45. The summed E-state index contributed by atoms with van der Waals surface area (Å²) in [5.41, 5.74) is 0.928. The van der Waals surface area contributed by atoms with E-state index in [0.717, 1.165) is 61.5 Å². The minimum Gasteiger partial charge on any atom is -0.370 e. The summed E-state index contributed by atoms with van der Waals surface area (Å²) in [6.07, 6.45) is 4.97. The first-order chi connectivity index (χ1) is 10.3. The van der Waals surface area contributed by atoms with Crippen LogP contribution in [0.2, 0.25) is 5.02 Å². The van der Waals surface area contributed by atoms with E-state index in [2.05, 4.69) is 31.7 Å². The van der Waals surface area contributed by atoms with E-state index in [0.29, 0.717) is 0 Å². The molecule has 5 nitrogen and oxygen atoms in total. The quantitative estimate of drug-likeness (QED) is 0.922. The van der Waals surface area contributed by atoms with Gasteiger partial charge in [-0.05, 0) is 18.6 Å². The van der Waals surface area contributed by atoms with Crippen molar-refractivity contribution in [1.82, 2.24) is 19.4 Å². The zero-order valence-electron chi connectivity index (χ0n) is 12.2. The first kappa shape index (κ1) is 14.4. The monoisotopic (exact) mass is 305 g/mol. The van der Waals surface area contributed by atoms with Crippen molar-refractivity contribution in [2.75, 3.05) is 18.4 Å². The lowest BCUT2D eigenvalue weighted by Crippen LogP contribution is -2.33. The summed E-state index contributed by atoms with van der Waals surface area (Å²) < 4.78 is 2.20. The van der Waals surface area contributed by atoms with E-state index in [-0.39, 0.29) is 0 Å². The van der Waals surface area contributed by atoms with Crippen molar-refractivity contribution in [3.05, 3.63) is 41.1 Å². The molecule has 0 unspecified atom stereocenters. The molecule has 1 N–H and O–H groups in total. The number of halogens is 1. The smallest absolute Gasteiger partial charge is 0.126 e. The van der Waals surface area contributed by atoms with E-state index in [1.807, 2.05) is 24.5 Å². The third-order valence-electron chi connectivity index (χ3n) is 3.67. The van der Waals surface area contributed by atoms with Gasteiger partial charge in [0.1, 0.15) is 11.6 Å². The topological polar surface area (TPSA) is 46.0 Å². The number of aromatic nitrogens is 3. The van der Waals surface area contributed by atoms with Gasteiger partial charge in [0, 0.05) is 38.6 Å². The van der Waals surface area contributed by atoms with Crippen molar-refractivity contribution >= 4 is 17.4 Å². The summed E-state index contributed by atoms with van der Waals surface area (Å²) in [5, 5.41) is 4.03. The van der Waals surface area contributed by atoms with Gasteiger partial charge in [-0.3, -0.25) is 4.90 Å². The molecule has 0 radical (unpaired) electrons. The molecule has 2 aromatic rings. The van der Waals surface area contributed by atoms with Crippen molar-refractivity contribution < 1.29 is 0 Å². The predicted octanol–water partition coefficient (Wildman–Crippen LogP) is 2.77. The number of fused-ring (bicyclic) bond motifs is 1. The molecular weight excluding hydrogens is 286 g/mol. The molecule has 1 aliphatic rings. The van der Waals surface area contributed by atoms with Gasteiger partial charge in [-0.1, -0.05) is 18.5 Å². The highest BCUT2D eigenvalue weighted by atomic mass is 35.5. The van der Waals surface area contributed by atoms with Crippen LogP contribution in [-0.4, -0.2) is 32.5 Å². The molecule has 0 aliphatic carbocycles. The Bertz CT molecular complexity index is 610. The third-order valence-corrected chi connectivity index (χ3v) is 4.02. The SMILES string of the molecule is CCCNc1ccc(Cl)c(CN2CCn3ccnc3C2)n1. The van der Waals surface area contributed by atoms with Gasteiger partial charge in [-0.25, -0.2) is 9.97 Å². The van der Waals surface area contributed by atoms with E-state index >= 15 is 0 Å². The number of nitrogens with zero attached hydrogens (tertiary/aromatic N) is 4. The molecule has 6 heteroatoms. The first-order valence-corrected chi connectivity index (χ1v) is 7.75. The molecule has 0 spiro atoms. The highest BCUT2D eigenvalue weighted by Crippen LogP contribution is 2.20. The van der Waals surface area contributed by atoms with Crippen molar-refractivity contribution in [3.63, 3.8) is 0 Å². The molecule has 0 saturated carbocycles. The molecule has 21 heavy (non-hydrogen) atoms. The molecule has 0 aromatic carbocycles. The third kappa shape index (κ3) is 3.36. The predicted molar refractivity (Wildman–Crippen MR) is 84.4 cm³/mol. The molecule has 3 rings (SSSR count). The van der Waals surface area contributed by atoms with E-state index < -0.39 is 0 Å². The molecule has 3 heterocycles. The maximum Gasteiger partial charge on any atom is 0.126 e. The molecule has 0 saturated heterocycles. The fraction of sp³-hybridized carbons (Fsp3) is 0.467. The number of rotatable bonds is 5. The van der Waals surface area contributed by atoms with Gasteiger partial charge >= 0.3 is 0 Å². The largest absolute Gasteiger partial charge is 0.370 e.